The first-order valence-electron chi connectivity index (χ1n) is 6.98. The first-order chi connectivity index (χ1) is 9.82. The molecule has 0 unspecified atom stereocenters. The van der Waals surface area contributed by atoms with Gasteiger partial charge in [0.2, 0.25) is 0 Å². The van der Waals surface area contributed by atoms with Crippen molar-refractivity contribution in [3.05, 3.63) is 91.0 Å². The Bertz CT molecular complexity index is 563. The molecule has 0 spiro atoms. The second-order valence-electron chi connectivity index (χ2n) is 5.22. The molecule has 0 amide bonds. The Morgan fingerprint density at radius 3 is 0.950 bits per heavy atom. The van der Waals surface area contributed by atoms with Gasteiger partial charge in [0.15, 0.2) is 0 Å². The standard InChI is InChI=1S/3C6H5.CH3.Sn/c3*1-2-4-6-5-3-1;;/h3*1-5H;1H3;. The third-order valence-electron chi connectivity index (χ3n) is 4.05. The van der Waals surface area contributed by atoms with Gasteiger partial charge in [-0.1, -0.05) is 0 Å². The second kappa shape index (κ2) is 5.84. The summed E-state index contributed by atoms with van der Waals surface area (Å²) in [6.07, 6.45) is 0. The molecule has 3 aromatic rings. The Kier molecular flexibility index (Phi) is 3.92. The fourth-order valence-electron chi connectivity index (χ4n) is 2.81. The van der Waals surface area contributed by atoms with E-state index in [1.165, 1.54) is 10.7 Å². The molecule has 0 fully saturated rings. The van der Waals surface area contributed by atoms with Crippen LogP contribution in [0.25, 0.3) is 0 Å². The molecule has 0 heterocycles. The maximum absolute atomic E-state index is 2.78. The summed E-state index contributed by atoms with van der Waals surface area (Å²) >= 11 is -2.78. The molecule has 0 aromatic heterocycles. The van der Waals surface area contributed by atoms with Crippen molar-refractivity contribution in [2.45, 2.75) is 4.94 Å². The van der Waals surface area contributed by atoms with Crippen LogP contribution in [0.1, 0.15) is 0 Å². The molecule has 0 radical (unpaired) electrons. The Hall–Kier alpha value is -1.54. The normalized spacial score (nSPS) is 11.2. The Balaban J connectivity index is 2.24. The van der Waals surface area contributed by atoms with Crippen molar-refractivity contribution >= 4 is 29.1 Å². The molecule has 1 heteroatoms. The van der Waals surface area contributed by atoms with Gasteiger partial charge in [0.1, 0.15) is 0 Å². The molecule has 0 nitrogen and oxygen atoms in total. The van der Waals surface area contributed by atoms with Crippen LogP contribution in [0.3, 0.4) is 0 Å². The molecular formula is C19H18Sn. The molecule has 3 aromatic carbocycles. The van der Waals surface area contributed by atoms with Crippen molar-refractivity contribution < 1.29 is 0 Å². The summed E-state index contributed by atoms with van der Waals surface area (Å²) in [6.45, 7) is 0. The molecule has 0 saturated carbocycles. The van der Waals surface area contributed by atoms with E-state index in [9.17, 15) is 0 Å². The van der Waals surface area contributed by atoms with Gasteiger partial charge in [0.25, 0.3) is 0 Å². The summed E-state index contributed by atoms with van der Waals surface area (Å²) in [5.74, 6) is 0. The number of rotatable bonds is 3. The van der Waals surface area contributed by atoms with Crippen LogP contribution < -0.4 is 10.7 Å². The number of hydrogen-bond donors (Lipinski definition) is 0. The second-order valence-corrected chi connectivity index (χ2v) is 16.6. The van der Waals surface area contributed by atoms with Crippen molar-refractivity contribution in [1.29, 1.82) is 0 Å². The molecule has 0 N–H and O–H groups in total. The van der Waals surface area contributed by atoms with Crippen LogP contribution in [0.2, 0.25) is 4.94 Å². The van der Waals surface area contributed by atoms with Gasteiger partial charge in [0.05, 0.1) is 0 Å². The fraction of sp³-hybridized carbons (Fsp3) is 0.0526. The first kappa shape index (κ1) is 13.4. The Labute approximate surface area is 125 Å². The van der Waals surface area contributed by atoms with E-state index in [2.05, 4.69) is 95.9 Å². The third-order valence-corrected chi connectivity index (χ3v) is 16.8. The van der Waals surface area contributed by atoms with Crippen LogP contribution in [0, 0.1) is 0 Å². The monoisotopic (exact) mass is 366 g/mol. The summed E-state index contributed by atoms with van der Waals surface area (Å²) in [5, 5.41) is 0. The van der Waals surface area contributed by atoms with E-state index in [4.69, 9.17) is 0 Å². The van der Waals surface area contributed by atoms with Crippen molar-refractivity contribution in [2.75, 3.05) is 0 Å². The van der Waals surface area contributed by atoms with Gasteiger partial charge in [0, 0.05) is 0 Å². The first-order valence-corrected chi connectivity index (χ1v) is 14.1. The van der Waals surface area contributed by atoms with Crippen LogP contribution in [-0.4, -0.2) is 18.4 Å². The predicted octanol–water partition coefficient (Wildman–Crippen LogP) is 2.79. The van der Waals surface area contributed by atoms with Gasteiger partial charge in [-0.3, -0.25) is 0 Å². The van der Waals surface area contributed by atoms with Crippen LogP contribution >= 0.6 is 0 Å². The molecule has 98 valence electrons. The van der Waals surface area contributed by atoms with E-state index in [1.54, 1.807) is 0 Å². The van der Waals surface area contributed by atoms with Crippen LogP contribution in [0.4, 0.5) is 0 Å². The summed E-state index contributed by atoms with van der Waals surface area (Å²) in [6, 6.07) is 33.1. The molecule has 20 heavy (non-hydrogen) atoms. The van der Waals surface area contributed by atoms with E-state index < -0.39 is 18.4 Å². The summed E-state index contributed by atoms with van der Waals surface area (Å²) in [7, 11) is 0. The minimum atomic E-state index is -2.78. The summed E-state index contributed by atoms with van der Waals surface area (Å²) < 4.78 is 4.58. The maximum atomic E-state index is 2.51. The molecule has 3 rings (SSSR count). The van der Waals surface area contributed by atoms with Crippen LogP contribution in [0.15, 0.2) is 91.0 Å². The van der Waals surface area contributed by atoms with Gasteiger partial charge >= 0.3 is 125 Å². The average Bonchev–Trinajstić information content (AvgIpc) is 2.56. The quantitative estimate of drug-likeness (QED) is 0.627. The zero-order valence-electron chi connectivity index (χ0n) is 11.7. The van der Waals surface area contributed by atoms with E-state index in [0.717, 1.165) is 0 Å². The van der Waals surface area contributed by atoms with Crippen molar-refractivity contribution in [3.8, 4) is 0 Å². The molecule has 0 bridgehead atoms. The molecule has 0 aliphatic rings. The number of hydrogen-bond acceptors (Lipinski definition) is 0. The average molecular weight is 365 g/mol. The fourth-order valence-corrected chi connectivity index (χ4v) is 13.0. The van der Waals surface area contributed by atoms with Gasteiger partial charge < -0.3 is 0 Å². The van der Waals surface area contributed by atoms with E-state index in [-0.39, 0.29) is 0 Å². The van der Waals surface area contributed by atoms with Gasteiger partial charge in [-0.2, -0.15) is 0 Å². The van der Waals surface area contributed by atoms with E-state index in [0.29, 0.717) is 0 Å². The van der Waals surface area contributed by atoms with Gasteiger partial charge in [-0.25, -0.2) is 0 Å². The SMILES string of the molecule is [CH3][Sn]([c]1ccccc1)([c]1ccccc1)[c]1ccccc1. The molecule has 0 atom stereocenters. The molecule has 0 aliphatic carbocycles. The molecular weight excluding hydrogens is 347 g/mol. The zero-order valence-corrected chi connectivity index (χ0v) is 14.5. The van der Waals surface area contributed by atoms with Crippen LogP contribution in [0.5, 0.6) is 0 Å². The topological polar surface area (TPSA) is 0 Å². The third kappa shape index (κ3) is 2.40. The van der Waals surface area contributed by atoms with Crippen molar-refractivity contribution in [3.63, 3.8) is 0 Å². The summed E-state index contributed by atoms with van der Waals surface area (Å²) in [5.41, 5.74) is 0. The van der Waals surface area contributed by atoms with Crippen molar-refractivity contribution in [1.82, 2.24) is 0 Å². The van der Waals surface area contributed by atoms with E-state index in [1.807, 2.05) is 0 Å². The van der Waals surface area contributed by atoms with Gasteiger partial charge in [-0.05, 0) is 0 Å². The van der Waals surface area contributed by atoms with Crippen molar-refractivity contribution in [2.24, 2.45) is 0 Å². The van der Waals surface area contributed by atoms with Gasteiger partial charge in [-0.15, -0.1) is 0 Å². The Morgan fingerprint density at radius 2 is 0.700 bits per heavy atom. The Morgan fingerprint density at radius 1 is 0.450 bits per heavy atom. The molecule has 0 aliphatic heterocycles. The predicted molar refractivity (Wildman–Crippen MR) is 89.8 cm³/mol. The van der Waals surface area contributed by atoms with E-state index >= 15 is 0 Å². The zero-order chi connectivity index (χ0) is 13.8. The summed E-state index contributed by atoms with van der Waals surface area (Å²) in [4.78, 5) is 2.51. The molecule has 0 saturated heterocycles. The number of benzene rings is 3. The minimum absolute atomic E-state index is 1.53. The van der Waals surface area contributed by atoms with Crippen LogP contribution in [-0.2, 0) is 0 Å².